The van der Waals surface area contributed by atoms with Crippen LogP contribution in [0.5, 0.6) is 5.75 Å². The summed E-state index contributed by atoms with van der Waals surface area (Å²) in [4.78, 5) is 15.3. The number of rotatable bonds is 5. The Labute approximate surface area is 123 Å². The van der Waals surface area contributed by atoms with E-state index in [1.807, 2.05) is 18.2 Å². The largest absolute Gasteiger partial charge is 0.497 e. The zero-order chi connectivity index (χ0) is 15.0. The summed E-state index contributed by atoms with van der Waals surface area (Å²) in [7, 11) is 1.61. The Morgan fingerprint density at radius 3 is 2.90 bits per heavy atom. The van der Waals surface area contributed by atoms with Gasteiger partial charge in [-0.1, -0.05) is 0 Å². The molecule has 0 unspecified atom stereocenters. The molecule has 2 aromatic rings. The lowest BCUT2D eigenvalue weighted by molar-refractivity contribution is 0.0353. The topological polar surface area (TPSA) is 74.3 Å². The van der Waals surface area contributed by atoms with E-state index < -0.39 is 5.60 Å². The maximum absolute atomic E-state index is 12.2. The van der Waals surface area contributed by atoms with Crippen LogP contribution in [-0.2, 0) is 0 Å². The van der Waals surface area contributed by atoms with Gasteiger partial charge in [-0.15, -0.1) is 0 Å². The number of benzene rings is 1. The van der Waals surface area contributed by atoms with E-state index in [1.54, 1.807) is 20.1 Å². The number of hydrogen-bond acceptors (Lipinski definition) is 3. The van der Waals surface area contributed by atoms with Crippen LogP contribution in [0.3, 0.4) is 0 Å². The molecule has 3 rings (SSSR count). The Bertz CT molecular complexity index is 671. The third-order valence-corrected chi connectivity index (χ3v) is 4.14. The molecule has 1 atom stereocenters. The first kappa shape index (κ1) is 13.9. The summed E-state index contributed by atoms with van der Waals surface area (Å²) in [6.45, 7) is 2.05. The maximum Gasteiger partial charge on any atom is 0.267 e. The Morgan fingerprint density at radius 1 is 1.48 bits per heavy atom. The van der Waals surface area contributed by atoms with E-state index in [-0.39, 0.29) is 12.5 Å². The molecule has 0 bridgehead atoms. The summed E-state index contributed by atoms with van der Waals surface area (Å²) >= 11 is 0. The van der Waals surface area contributed by atoms with Crippen molar-refractivity contribution in [3.63, 3.8) is 0 Å². The van der Waals surface area contributed by atoms with Crippen molar-refractivity contribution in [2.45, 2.75) is 25.4 Å². The number of hydrogen-bond donors (Lipinski definition) is 3. The lowest BCUT2D eigenvalue weighted by Gasteiger charge is -2.22. The van der Waals surface area contributed by atoms with Gasteiger partial charge in [0.25, 0.3) is 5.91 Å². The summed E-state index contributed by atoms with van der Waals surface area (Å²) in [5, 5.41) is 14.0. The molecule has 21 heavy (non-hydrogen) atoms. The number of ether oxygens (including phenoxy) is 1. The van der Waals surface area contributed by atoms with Crippen LogP contribution in [0.2, 0.25) is 0 Å². The Hall–Kier alpha value is -2.01. The molecule has 0 aliphatic heterocycles. The van der Waals surface area contributed by atoms with Crippen LogP contribution in [-0.4, -0.2) is 35.3 Å². The van der Waals surface area contributed by atoms with Crippen molar-refractivity contribution in [3.8, 4) is 5.75 Å². The van der Waals surface area contributed by atoms with Crippen molar-refractivity contribution < 1.29 is 14.6 Å². The number of amides is 1. The first-order valence-electron chi connectivity index (χ1n) is 7.17. The number of H-pyrrole nitrogens is 1. The number of carbonyl (C=O) groups excluding carboxylic acids is 1. The molecule has 1 heterocycles. The Balaban J connectivity index is 1.72. The fraction of sp³-hybridized carbons (Fsp3) is 0.438. The number of nitrogens with one attached hydrogen (secondary N) is 2. The molecule has 5 heteroatoms. The number of fused-ring (bicyclic) bond motifs is 1. The minimum atomic E-state index is -0.815. The van der Waals surface area contributed by atoms with Crippen molar-refractivity contribution in [2.24, 2.45) is 5.92 Å². The average Bonchev–Trinajstić information content (AvgIpc) is 3.24. The molecule has 3 N–H and O–H groups in total. The van der Waals surface area contributed by atoms with E-state index in [0.29, 0.717) is 11.6 Å². The molecule has 0 spiro atoms. The Morgan fingerprint density at radius 2 is 2.24 bits per heavy atom. The maximum atomic E-state index is 12.2. The number of carbonyl (C=O) groups is 1. The molecule has 1 amide bonds. The standard InChI is InChI=1S/C16H20N2O3/c1-16(20,11-4-5-11)9-17-15(19)14-7-10-3-6-12(21-2)8-13(10)18-14/h3,6-8,11,18,20H,4-5,9H2,1-2H3,(H,17,19)/t16-/m1/s1. The highest BCUT2D eigenvalue weighted by Gasteiger charge is 2.40. The normalized spacial score (nSPS) is 17.5. The van der Waals surface area contributed by atoms with Crippen LogP contribution in [0.15, 0.2) is 24.3 Å². The van der Waals surface area contributed by atoms with E-state index in [1.165, 1.54) is 0 Å². The van der Waals surface area contributed by atoms with Gasteiger partial charge in [0.2, 0.25) is 0 Å². The van der Waals surface area contributed by atoms with Crippen molar-refractivity contribution in [1.82, 2.24) is 10.3 Å². The molecule has 1 fully saturated rings. The van der Waals surface area contributed by atoms with Crippen LogP contribution < -0.4 is 10.1 Å². The van der Waals surface area contributed by atoms with Gasteiger partial charge in [0.15, 0.2) is 0 Å². The number of aromatic nitrogens is 1. The van der Waals surface area contributed by atoms with Crippen LogP contribution >= 0.6 is 0 Å². The summed E-state index contributed by atoms with van der Waals surface area (Å²) in [5.74, 6) is 0.851. The predicted molar refractivity (Wildman–Crippen MR) is 80.5 cm³/mol. The van der Waals surface area contributed by atoms with Gasteiger partial charge in [-0.2, -0.15) is 0 Å². The van der Waals surface area contributed by atoms with Crippen molar-refractivity contribution in [3.05, 3.63) is 30.0 Å². The minimum Gasteiger partial charge on any atom is -0.497 e. The second-order valence-electron chi connectivity index (χ2n) is 5.95. The van der Waals surface area contributed by atoms with Gasteiger partial charge in [-0.3, -0.25) is 4.79 Å². The Kier molecular flexibility index (Phi) is 3.37. The van der Waals surface area contributed by atoms with Crippen LogP contribution in [0, 0.1) is 5.92 Å². The van der Waals surface area contributed by atoms with Crippen molar-refractivity contribution >= 4 is 16.8 Å². The third-order valence-electron chi connectivity index (χ3n) is 4.14. The van der Waals surface area contributed by atoms with Crippen molar-refractivity contribution in [2.75, 3.05) is 13.7 Å². The molecule has 1 aliphatic rings. The van der Waals surface area contributed by atoms with Gasteiger partial charge in [-0.05, 0) is 43.9 Å². The van der Waals surface area contributed by atoms with Crippen LogP contribution in [0.4, 0.5) is 0 Å². The van der Waals surface area contributed by atoms with Gasteiger partial charge < -0.3 is 20.1 Å². The molecule has 0 saturated heterocycles. The molecular formula is C16H20N2O3. The third kappa shape index (κ3) is 2.88. The molecule has 1 aliphatic carbocycles. The second-order valence-corrected chi connectivity index (χ2v) is 5.95. The van der Waals surface area contributed by atoms with E-state index in [4.69, 9.17) is 4.74 Å². The van der Waals surface area contributed by atoms with Gasteiger partial charge in [0.05, 0.1) is 12.7 Å². The lowest BCUT2D eigenvalue weighted by Crippen LogP contribution is -2.42. The molecule has 1 aromatic heterocycles. The van der Waals surface area contributed by atoms with E-state index >= 15 is 0 Å². The molecule has 1 saturated carbocycles. The molecule has 5 nitrogen and oxygen atoms in total. The van der Waals surface area contributed by atoms with Crippen LogP contribution in [0.25, 0.3) is 10.9 Å². The number of aromatic amines is 1. The lowest BCUT2D eigenvalue weighted by atomic mass is 10.0. The first-order valence-corrected chi connectivity index (χ1v) is 7.17. The van der Waals surface area contributed by atoms with Gasteiger partial charge in [0.1, 0.15) is 11.4 Å². The molecule has 112 valence electrons. The quantitative estimate of drug-likeness (QED) is 0.788. The van der Waals surface area contributed by atoms with Crippen LogP contribution in [0.1, 0.15) is 30.3 Å². The smallest absolute Gasteiger partial charge is 0.267 e. The SMILES string of the molecule is COc1ccc2cc(C(=O)NC[C@@](C)(O)C3CC3)[nH]c2c1. The summed E-state index contributed by atoms with van der Waals surface area (Å²) in [6.07, 6.45) is 2.07. The van der Waals surface area contributed by atoms with Gasteiger partial charge >= 0.3 is 0 Å². The predicted octanol–water partition coefficient (Wildman–Crippen LogP) is 2.07. The average molecular weight is 288 g/mol. The fourth-order valence-corrected chi connectivity index (χ4v) is 2.56. The summed E-state index contributed by atoms with van der Waals surface area (Å²) < 4.78 is 5.16. The second kappa shape index (κ2) is 5.07. The monoisotopic (exact) mass is 288 g/mol. The van der Waals surface area contributed by atoms with E-state index in [9.17, 15) is 9.90 Å². The van der Waals surface area contributed by atoms with Gasteiger partial charge in [0, 0.05) is 23.5 Å². The summed E-state index contributed by atoms with van der Waals surface area (Å²) in [5.41, 5.74) is 0.531. The molecular weight excluding hydrogens is 268 g/mol. The van der Waals surface area contributed by atoms with Gasteiger partial charge in [-0.25, -0.2) is 0 Å². The molecule has 0 radical (unpaired) electrons. The summed E-state index contributed by atoms with van der Waals surface area (Å²) in [6, 6.07) is 7.42. The zero-order valence-electron chi connectivity index (χ0n) is 12.3. The molecule has 1 aromatic carbocycles. The first-order chi connectivity index (χ1) is 9.99. The van der Waals surface area contributed by atoms with E-state index in [2.05, 4.69) is 10.3 Å². The highest BCUT2D eigenvalue weighted by Crippen LogP contribution is 2.39. The fourth-order valence-electron chi connectivity index (χ4n) is 2.56. The number of methoxy groups -OCH3 is 1. The number of aliphatic hydroxyl groups is 1. The zero-order valence-corrected chi connectivity index (χ0v) is 12.3. The minimum absolute atomic E-state index is 0.203. The van der Waals surface area contributed by atoms with E-state index in [0.717, 1.165) is 29.5 Å². The highest BCUT2D eigenvalue weighted by atomic mass is 16.5. The van der Waals surface area contributed by atoms with Crippen molar-refractivity contribution in [1.29, 1.82) is 0 Å². The highest BCUT2D eigenvalue weighted by molar-refractivity contribution is 5.98.